The Bertz CT molecular complexity index is 848. The van der Waals surface area contributed by atoms with E-state index >= 15 is 0 Å². The molecule has 26 heavy (non-hydrogen) atoms. The van der Waals surface area contributed by atoms with Gasteiger partial charge in [0.2, 0.25) is 0 Å². The second-order valence-electron chi connectivity index (χ2n) is 6.79. The zero-order chi connectivity index (χ0) is 18.7. The van der Waals surface area contributed by atoms with Crippen molar-refractivity contribution in [1.82, 2.24) is 28.4 Å². The topological polar surface area (TPSA) is 84.2 Å². The maximum Gasteiger partial charge on any atom is 0.281 e. The van der Waals surface area contributed by atoms with Crippen LogP contribution in [0.2, 0.25) is 0 Å². The third-order valence-corrected chi connectivity index (χ3v) is 6.68. The number of aryl methyl sites for hydroxylation is 1. The van der Waals surface area contributed by atoms with Gasteiger partial charge in [0.25, 0.3) is 10.2 Å². The number of aromatic nitrogens is 4. The van der Waals surface area contributed by atoms with E-state index in [2.05, 4.69) is 15.1 Å². The van der Waals surface area contributed by atoms with Crippen LogP contribution in [0, 0.1) is 5.92 Å². The quantitative estimate of drug-likeness (QED) is 0.759. The molecular formula is C17H26N6O2S. The molecule has 2 aromatic heterocycles. The summed E-state index contributed by atoms with van der Waals surface area (Å²) in [5.41, 5.74) is 2.76. The number of piperidine rings is 1. The number of nitrogens with zero attached hydrogens (tertiary/aromatic N) is 6. The smallest absolute Gasteiger partial charge is 0.264 e. The molecule has 142 valence electrons. The van der Waals surface area contributed by atoms with Crippen molar-refractivity contribution in [3.05, 3.63) is 30.4 Å². The van der Waals surface area contributed by atoms with Crippen LogP contribution >= 0.6 is 0 Å². The van der Waals surface area contributed by atoms with Crippen molar-refractivity contribution < 1.29 is 8.42 Å². The largest absolute Gasteiger partial charge is 0.281 e. The molecule has 0 radical (unpaired) electrons. The van der Waals surface area contributed by atoms with Crippen LogP contribution in [0.15, 0.2) is 24.7 Å². The Morgan fingerprint density at radius 2 is 2.12 bits per heavy atom. The highest BCUT2D eigenvalue weighted by Crippen LogP contribution is 2.24. The average molecular weight is 379 g/mol. The summed E-state index contributed by atoms with van der Waals surface area (Å²) >= 11 is 0. The first-order valence-electron chi connectivity index (χ1n) is 8.92. The first-order valence-corrected chi connectivity index (χ1v) is 10.3. The number of hydrogen-bond acceptors (Lipinski definition) is 5. The van der Waals surface area contributed by atoms with Gasteiger partial charge in [0, 0.05) is 45.6 Å². The summed E-state index contributed by atoms with van der Waals surface area (Å²) in [6.45, 7) is 3.94. The Morgan fingerprint density at radius 3 is 2.85 bits per heavy atom. The van der Waals surface area contributed by atoms with Crippen molar-refractivity contribution in [2.24, 2.45) is 5.92 Å². The molecule has 0 aliphatic carbocycles. The molecule has 2 aromatic rings. The summed E-state index contributed by atoms with van der Waals surface area (Å²) in [4.78, 5) is 8.78. The highest BCUT2D eigenvalue weighted by atomic mass is 32.2. The number of rotatable bonds is 6. The van der Waals surface area contributed by atoms with Crippen LogP contribution in [0.4, 0.5) is 0 Å². The van der Waals surface area contributed by atoms with E-state index in [-0.39, 0.29) is 5.92 Å². The standard InChI is InChI=1S/C17H26N6O2S/c1-4-23-17(7-8-20-23)16-11-15(18-13-19-16)10-14-6-5-9-22(12-14)26(24,25)21(2)3/h7-8,11,13-14H,4-6,9-10,12H2,1-3H3/t14-/m1/s1. The molecule has 1 atom stereocenters. The van der Waals surface area contributed by atoms with E-state index in [0.717, 1.165) is 42.9 Å². The van der Waals surface area contributed by atoms with E-state index in [9.17, 15) is 8.42 Å². The number of hydrogen-bond donors (Lipinski definition) is 0. The molecule has 1 aliphatic heterocycles. The van der Waals surface area contributed by atoms with Gasteiger partial charge in [-0.1, -0.05) is 0 Å². The van der Waals surface area contributed by atoms with Gasteiger partial charge in [0.15, 0.2) is 0 Å². The van der Waals surface area contributed by atoms with E-state index in [0.29, 0.717) is 13.1 Å². The van der Waals surface area contributed by atoms with Gasteiger partial charge in [-0.25, -0.2) is 9.97 Å². The van der Waals surface area contributed by atoms with Crippen molar-refractivity contribution in [3.63, 3.8) is 0 Å². The molecule has 0 unspecified atom stereocenters. The van der Waals surface area contributed by atoms with Gasteiger partial charge < -0.3 is 0 Å². The summed E-state index contributed by atoms with van der Waals surface area (Å²) in [5, 5.41) is 4.29. The van der Waals surface area contributed by atoms with Crippen LogP contribution in [0.5, 0.6) is 0 Å². The second kappa shape index (κ2) is 7.81. The van der Waals surface area contributed by atoms with Gasteiger partial charge in [0.05, 0.1) is 11.4 Å². The third-order valence-electron chi connectivity index (χ3n) is 4.77. The predicted molar refractivity (Wildman–Crippen MR) is 99.5 cm³/mol. The Morgan fingerprint density at radius 1 is 1.31 bits per heavy atom. The van der Waals surface area contributed by atoms with Crippen molar-refractivity contribution in [1.29, 1.82) is 0 Å². The minimum Gasteiger partial charge on any atom is -0.264 e. The molecule has 1 aliphatic rings. The summed E-state index contributed by atoms with van der Waals surface area (Å²) in [6, 6.07) is 3.93. The Hall–Kier alpha value is -1.84. The Balaban J connectivity index is 1.74. The first-order chi connectivity index (χ1) is 12.4. The second-order valence-corrected chi connectivity index (χ2v) is 8.93. The van der Waals surface area contributed by atoms with Crippen LogP contribution < -0.4 is 0 Å². The van der Waals surface area contributed by atoms with Crippen LogP contribution in [0.1, 0.15) is 25.5 Å². The Kier molecular flexibility index (Phi) is 5.69. The molecule has 0 bridgehead atoms. The molecule has 0 aromatic carbocycles. The molecule has 0 N–H and O–H groups in total. The van der Waals surface area contributed by atoms with Crippen LogP contribution in [-0.4, -0.2) is 64.0 Å². The van der Waals surface area contributed by atoms with Gasteiger partial charge >= 0.3 is 0 Å². The zero-order valence-electron chi connectivity index (χ0n) is 15.5. The fourth-order valence-corrected chi connectivity index (χ4v) is 4.60. The predicted octanol–water partition coefficient (Wildman–Crippen LogP) is 1.42. The lowest BCUT2D eigenvalue weighted by molar-refractivity contribution is 0.253. The molecule has 8 nitrogen and oxygen atoms in total. The zero-order valence-corrected chi connectivity index (χ0v) is 16.4. The summed E-state index contributed by atoms with van der Waals surface area (Å²) in [6.07, 6.45) is 5.97. The van der Waals surface area contributed by atoms with Gasteiger partial charge in [-0.05, 0) is 44.2 Å². The normalized spacial score (nSPS) is 19.2. The molecule has 1 fully saturated rings. The summed E-state index contributed by atoms with van der Waals surface area (Å²) < 4.78 is 29.5. The SMILES string of the molecule is CCn1nccc1-c1cc(C[C@H]2CCCN(S(=O)(=O)N(C)C)C2)ncn1. The minimum absolute atomic E-state index is 0.261. The fourth-order valence-electron chi connectivity index (χ4n) is 3.38. The van der Waals surface area contributed by atoms with Gasteiger partial charge in [-0.15, -0.1) is 0 Å². The average Bonchev–Trinajstić information content (AvgIpc) is 3.11. The van der Waals surface area contributed by atoms with Crippen molar-refractivity contribution in [2.75, 3.05) is 27.2 Å². The van der Waals surface area contributed by atoms with E-state index in [1.807, 2.05) is 23.7 Å². The van der Waals surface area contributed by atoms with Crippen LogP contribution in [0.25, 0.3) is 11.4 Å². The Labute approximate surface area is 155 Å². The molecule has 0 spiro atoms. The third kappa shape index (κ3) is 3.94. The lowest BCUT2D eigenvalue weighted by atomic mass is 9.94. The molecule has 3 rings (SSSR count). The minimum atomic E-state index is -3.36. The van der Waals surface area contributed by atoms with Crippen LogP contribution in [0.3, 0.4) is 0 Å². The van der Waals surface area contributed by atoms with Crippen molar-refractivity contribution in [2.45, 2.75) is 32.7 Å². The van der Waals surface area contributed by atoms with Gasteiger partial charge in [-0.2, -0.15) is 22.1 Å². The summed E-state index contributed by atoms with van der Waals surface area (Å²) in [5.74, 6) is 0.261. The maximum absolute atomic E-state index is 12.4. The molecular weight excluding hydrogens is 352 g/mol. The molecule has 0 amide bonds. The van der Waals surface area contributed by atoms with Crippen LogP contribution in [-0.2, 0) is 23.2 Å². The van der Waals surface area contributed by atoms with E-state index in [4.69, 9.17) is 0 Å². The lowest BCUT2D eigenvalue weighted by Gasteiger charge is -2.33. The van der Waals surface area contributed by atoms with E-state index in [1.165, 1.54) is 4.31 Å². The molecule has 9 heteroatoms. The molecule has 1 saturated heterocycles. The monoisotopic (exact) mass is 378 g/mol. The maximum atomic E-state index is 12.4. The fraction of sp³-hybridized carbons (Fsp3) is 0.588. The highest BCUT2D eigenvalue weighted by Gasteiger charge is 2.30. The van der Waals surface area contributed by atoms with Crippen molar-refractivity contribution in [3.8, 4) is 11.4 Å². The lowest BCUT2D eigenvalue weighted by Crippen LogP contribution is -2.45. The van der Waals surface area contributed by atoms with E-state index in [1.54, 1.807) is 30.9 Å². The molecule has 0 saturated carbocycles. The van der Waals surface area contributed by atoms with Gasteiger partial charge in [-0.3, -0.25) is 4.68 Å². The summed E-state index contributed by atoms with van der Waals surface area (Å²) in [7, 11) is -0.204. The van der Waals surface area contributed by atoms with Gasteiger partial charge in [0.1, 0.15) is 6.33 Å². The molecule has 3 heterocycles. The highest BCUT2D eigenvalue weighted by molar-refractivity contribution is 7.86. The first kappa shape index (κ1) is 18.9. The van der Waals surface area contributed by atoms with E-state index < -0.39 is 10.2 Å². The van der Waals surface area contributed by atoms with Crippen molar-refractivity contribution >= 4 is 10.2 Å².